The van der Waals surface area contributed by atoms with Crippen LogP contribution < -0.4 is 10.6 Å². The first-order valence-electron chi connectivity index (χ1n) is 5.75. The van der Waals surface area contributed by atoms with Crippen LogP contribution in [0.1, 0.15) is 30.6 Å². The summed E-state index contributed by atoms with van der Waals surface area (Å²) in [7, 11) is 0. The van der Waals surface area contributed by atoms with Crippen molar-refractivity contribution in [1.29, 1.82) is 0 Å². The van der Waals surface area contributed by atoms with Gasteiger partial charge in [-0.25, -0.2) is 0 Å². The van der Waals surface area contributed by atoms with Crippen LogP contribution in [0.25, 0.3) is 0 Å². The van der Waals surface area contributed by atoms with Crippen molar-refractivity contribution >= 4 is 17.4 Å². The summed E-state index contributed by atoms with van der Waals surface area (Å²) < 4.78 is 0. The minimum atomic E-state index is -0.0264. The molecule has 0 unspecified atom stereocenters. The van der Waals surface area contributed by atoms with Crippen LogP contribution in [0.4, 0.5) is 5.69 Å². The highest BCUT2D eigenvalue weighted by molar-refractivity contribution is 5.95. The molecule has 1 rings (SSSR count). The van der Waals surface area contributed by atoms with Gasteiger partial charge in [0.15, 0.2) is 5.78 Å². The maximum Gasteiger partial charge on any atom is 0.225 e. The summed E-state index contributed by atoms with van der Waals surface area (Å²) in [5.74, 6) is -0.00320. The number of carbonyl (C=O) groups excluding carboxylic acids is 2. The van der Waals surface area contributed by atoms with Crippen molar-refractivity contribution in [2.24, 2.45) is 0 Å². The highest BCUT2D eigenvalue weighted by Crippen LogP contribution is 2.10. The summed E-state index contributed by atoms with van der Waals surface area (Å²) in [6.45, 7) is 5.05. The third-order valence-electron chi connectivity index (χ3n) is 2.35. The Labute approximate surface area is 101 Å². The van der Waals surface area contributed by atoms with Crippen molar-refractivity contribution in [3.63, 3.8) is 0 Å². The fraction of sp³-hybridized carbons (Fsp3) is 0.385. The Morgan fingerprint density at radius 1 is 1.18 bits per heavy atom. The first-order valence-corrected chi connectivity index (χ1v) is 5.75. The Balaban J connectivity index is 2.46. The van der Waals surface area contributed by atoms with Gasteiger partial charge in [-0.2, -0.15) is 0 Å². The van der Waals surface area contributed by atoms with Crippen LogP contribution in [0.5, 0.6) is 0 Å². The smallest absolute Gasteiger partial charge is 0.225 e. The van der Waals surface area contributed by atoms with Gasteiger partial charge in [0.1, 0.15) is 0 Å². The molecule has 1 aromatic rings. The quantitative estimate of drug-likeness (QED) is 0.583. The second-order valence-corrected chi connectivity index (χ2v) is 3.79. The van der Waals surface area contributed by atoms with Gasteiger partial charge in [0.05, 0.1) is 0 Å². The van der Waals surface area contributed by atoms with Crippen LogP contribution in [0.15, 0.2) is 24.3 Å². The monoisotopic (exact) mass is 234 g/mol. The third-order valence-corrected chi connectivity index (χ3v) is 2.35. The molecule has 0 bridgehead atoms. The van der Waals surface area contributed by atoms with E-state index in [4.69, 9.17) is 0 Å². The van der Waals surface area contributed by atoms with Crippen molar-refractivity contribution in [2.45, 2.75) is 20.3 Å². The highest BCUT2D eigenvalue weighted by atomic mass is 16.1. The van der Waals surface area contributed by atoms with Gasteiger partial charge in [0.25, 0.3) is 0 Å². The topological polar surface area (TPSA) is 58.2 Å². The molecule has 0 fully saturated rings. The standard InChI is InChI=1S/C13H18N2O2/c1-3-14-9-8-13(17)15-12-6-4-11(5-7-12)10(2)16/h4-7,14H,3,8-9H2,1-2H3,(H,15,17). The Bertz CT molecular complexity index is 385. The molecule has 0 aliphatic rings. The second-order valence-electron chi connectivity index (χ2n) is 3.79. The highest BCUT2D eigenvalue weighted by Gasteiger charge is 2.03. The van der Waals surface area contributed by atoms with Crippen molar-refractivity contribution in [2.75, 3.05) is 18.4 Å². The number of nitrogens with one attached hydrogen (secondary N) is 2. The molecule has 0 atom stereocenters. The van der Waals surface area contributed by atoms with E-state index in [1.165, 1.54) is 6.92 Å². The number of ketones is 1. The Kier molecular flexibility index (Phi) is 5.36. The zero-order valence-electron chi connectivity index (χ0n) is 10.2. The number of Topliss-reactive ketones (excluding diaryl/α,β-unsaturated/α-hetero) is 1. The molecule has 0 heterocycles. The van der Waals surface area contributed by atoms with Crippen LogP contribution in [-0.4, -0.2) is 24.8 Å². The Hall–Kier alpha value is -1.68. The third kappa shape index (κ3) is 4.78. The lowest BCUT2D eigenvalue weighted by Gasteiger charge is -2.05. The second kappa shape index (κ2) is 6.81. The van der Waals surface area contributed by atoms with Gasteiger partial charge < -0.3 is 10.6 Å². The summed E-state index contributed by atoms with van der Waals surface area (Å²) in [5.41, 5.74) is 1.37. The fourth-order valence-electron chi connectivity index (χ4n) is 1.39. The molecule has 0 aliphatic carbocycles. The summed E-state index contributed by atoms with van der Waals surface area (Å²) in [6.07, 6.45) is 0.447. The van der Waals surface area contributed by atoms with Gasteiger partial charge in [0, 0.05) is 24.2 Å². The SMILES string of the molecule is CCNCCC(=O)Nc1ccc(C(C)=O)cc1. The summed E-state index contributed by atoms with van der Waals surface area (Å²) in [4.78, 5) is 22.5. The number of benzene rings is 1. The number of hydrogen-bond acceptors (Lipinski definition) is 3. The summed E-state index contributed by atoms with van der Waals surface area (Å²) >= 11 is 0. The normalized spacial score (nSPS) is 10.0. The zero-order valence-corrected chi connectivity index (χ0v) is 10.2. The van der Waals surface area contributed by atoms with E-state index >= 15 is 0 Å². The van der Waals surface area contributed by atoms with E-state index in [1.807, 2.05) is 6.92 Å². The molecule has 0 radical (unpaired) electrons. The molecule has 4 heteroatoms. The largest absolute Gasteiger partial charge is 0.326 e. The first kappa shape index (κ1) is 13.4. The van der Waals surface area contributed by atoms with Gasteiger partial charge in [0.2, 0.25) is 5.91 Å². The molecule has 1 amide bonds. The average molecular weight is 234 g/mol. The van der Waals surface area contributed by atoms with E-state index in [2.05, 4.69) is 10.6 Å². The maximum absolute atomic E-state index is 11.5. The molecule has 17 heavy (non-hydrogen) atoms. The van der Waals surface area contributed by atoms with E-state index in [0.29, 0.717) is 18.5 Å². The molecule has 2 N–H and O–H groups in total. The van der Waals surface area contributed by atoms with Crippen LogP contribution in [0, 0.1) is 0 Å². The molecule has 0 aliphatic heterocycles. The van der Waals surface area contributed by atoms with Crippen LogP contribution in [0.2, 0.25) is 0 Å². The number of amides is 1. The molecule has 0 aromatic heterocycles. The number of hydrogen-bond donors (Lipinski definition) is 2. The molecule has 4 nitrogen and oxygen atoms in total. The average Bonchev–Trinajstić information content (AvgIpc) is 2.30. The molecule has 92 valence electrons. The van der Waals surface area contributed by atoms with Gasteiger partial charge in [-0.05, 0) is 37.7 Å². The molecule has 0 saturated heterocycles. The van der Waals surface area contributed by atoms with Crippen molar-refractivity contribution in [3.8, 4) is 0 Å². The maximum atomic E-state index is 11.5. The molecular weight excluding hydrogens is 216 g/mol. The Morgan fingerprint density at radius 2 is 1.82 bits per heavy atom. The van der Waals surface area contributed by atoms with Crippen LogP contribution in [0.3, 0.4) is 0 Å². The van der Waals surface area contributed by atoms with Gasteiger partial charge in [-0.1, -0.05) is 6.92 Å². The molecule has 0 saturated carbocycles. The van der Waals surface area contributed by atoms with Crippen molar-refractivity contribution < 1.29 is 9.59 Å². The lowest BCUT2D eigenvalue weighted by molar-refractivity contribution is -0.116. The summed E-state index contributed by atoms with van der Waals surface area (Å²) in [5, 5.41) is 5.86. The molecule has 1 aromatic carbocycles. The zero-order chi connectivity index (χ0) is 12.7. The first-order chi connectivity index (χ1) is 8.13. The predicted octanol–water partition coefficient (Wildman–Crippen LogP) is 1.83. The van der Waals surface area contributed by atoms with Gasteiger partial charge in [-0.15, -0.1) is 0 Å². The van der Waals surface area contributed by atoms with Gasteiger partial charge in [-0.3, -0.25) is 9.59 Å². The lowest BCUT2D eigenvalue weighted by Crippen LogP contribution is -2.21. The minimum absolute atomic E-state index is 0.0232. The van der Waals surface area contributed by atoms with Crippen molar-refractivity contribution in [1.82, 2.24) is 5.32 Å². The Morgan fingerprint density at radius 3 is 2.35 bits per heavy atom. The predicted molar refractivity (Wildman–Crippen MR) is 68.2 cm³/mol. The fourth-order valence-corrected chi connectivity index (χ4v) is 1.39. The number of anilines is 1. The van der Waals surface area contributed by atoms with E-state index in [1.54, 1.807) is 24.3 Å². The number of carbonyl (C=O) groups is 2. The van der Waals surface area contributed by atoms with E-state index < -0.39 is 0 Å². The minimum Gasteiger partial charge on any atom is -0.326 e. The van der Waals surface area contributed by atoms with Gasteiger partial charge >= 0.3 is 0 Å². The van der Waals surface area contributed by atoms with E-state index in [9.17, 15) is 9.59 Å². The van der Waals surface area contributed by atoms with Crippen LogP contribution in [-0.2, 0) is 4.79 Å². The van der Waals surface area contributed by atoms with Crippen molar-refractivity contribution in [3.05, 3.63) is 29.8 Å². The van der Waals surface area contributed by atoms with Crippen LogP contribution >= 0.6 is 0 Å². The number of rotatable bonds is 6. The molecular formula is C13H18N2O2. The molecule has 0 spiro atoms. The van der Waals surface area contributed by atoms with E-state index in [-0.39, 0.29) is 11.7 Å². The lowest BCUT2D eigenvalue weighted by atomic mass is 10.1. The summed E-state index contributed by atoms with van der Waals surface area (Å²) in [6, 6.07) is 6.90. The van der Waals surface area contributed by atoms with E-state index in [0.717, 1.165) is 12.2 Å².